The average Bonchev–Trinajstić information content (AvgIpc) is 3.29. The molecule has 1 saturated carbocycles. The van der Waals surface area contributed by atoms with E-state index < -0.39 is 26.8 Å². The number of halogens is 1. The number of hydrogen-bond acceptors (Lipinski definition) is 9. The lowest BCUT2D eigenvalue weighted by molar-refractivity contribution is -0.128. The number of hydrogen-bond donors (Lipinski definition) is 1. The largest absolute Gasteiger partial charge is 0.490 e. The van der Waals surface area contributed by atoms with Gasteiger partial charge in [-0.05, 0) is 104 Å². The zero-order valence-electron chi connectivity index (χ0n) is 31.8. The van der Waals surface area contributed by atoms with E-state index in [-0.39, 0.29) is 22.7 Å². The number of aromatic nitrogens is 2. The fourth-order valence-corrected chi connectivity index (χ4v) is 11.6. The van der Waals surface area contributed by atoms with Gasteiger partial charge in [0, 0.05) is 79.7 Å². The van der Waals surface area contributed by atoms with E-state index in [1.165, 1.54) is 11.1 Å². The molecule has 3 aliphatic heterocycles. The average molecular weight is 774 g/mol. The van der Waals surface area contributed by atoms with Crippen molar-refractivity contribution in [3.05, 3.63) is 94.0 Å². The van der Waals surface area contributed by atoms with Gasteiger partial charge in [-0.15, -0.1) is 0 Å². The Morgan fingerprint density at radius 1 is 1.09 bits per heavy atom. The summed E-state index contributed by atoms with van der Waals surface area (Å²) in [7, 11) is -2.15. The summed E-state index contributed by atoms with van der Waals surface area (Å²) in [5, 5.41) is -0.0645. The number of amides is 1. The molecular weight excluding hydrogens is 722 g/mol. The SMILES string of the molecule is CO[C@]1(CN2CCc3ncncc3C2)/C=C/C[C@H](C)[C@@H](C)S(=O)(=O)NC(=O)c2ccc3c(c2)N(CC2(C)CC[C@H]21)C[C@@]1(CCCc2cc(Cl)ccc21)CO3. The van der Waals surface area contributed by atoms with E-state index in [1.54, 1.807) is 19.3 Å². The number of aryl methyl sites for hydroxylation is 1. The zero-order valence-corrected chi connectivity index (χ0v) is 33.4. The van der Waals surface area contributed by atoms with Crippen LogP contribution in [0.25, 0.3) is 0 Å². The van der Waals surface area contributed by atoms with Crippen molar-refractivity contribution in [2.24, 2.45) is 17.3 Å². The minimum atomic E-state index is -3.98. The maximum Gasteiger partial charge on any atom is 0.264 e. The van der Waals surface area contributed by atoms with E-state index in [4.69, 9.17) is 21.1 Å². The number of carbonyl (C=O) groups excluding carboxylic acids is 1. The van der Waals surface area contributed by atoms with Gasteiger partial charge in [0.2, 0.25) is 10.0 Å². The lowest BCUT2D eigenvalue weighted by atomic mass is 9.54. The number of anilines is 1. The molecule has 0 saturated heterocycles. The first-order chi connectivity index (χ1) is 25.8. The van der Waals surface area contributed by atoms with Crippen LogP contribution >= 0.6 is 11.6 Å². The lowest BCUT2D eigenvalue weighted by Crippen LogP contribution is -2.61. The molecular formula is C42H52ClN5O5S. The van der Waals surface area contributed by atoms with Gasteiger partial charge in [0.1, 0.15) is 17.7 Å². The van der Waals surface area contributed by atoms with Crippen molar-refractivity contribution in [1.82, 2.24) is 19.6 Å². The Labute approximate surface area is 324 Å². The normalized spacial score (nSPS) is 32.9. The van der Waals surface area contributed by atoms with Gasteiger partial charge in [-0.25, -0.2) is 23.1 Å². The smallest absolute Gasteiger partial charge is 0.264 e. The predicted octanol–water partition coefficient (Wildman–Crippen LogP) is 6.51. The maximum atomic E-state index is 13.7. The third-order valence-electron chi connectivity index (χ3n) is 13.5. The van der Waals surface area contributed by atoms with Crippen LogP contribution in [0.3, 0.4) is 0 Å². The van der Waals surface area contributed by atoms with Gasteiger partial charge in [0.25, 0.3) is 5.91 Å². The number of rotatable bonds is 3. The van der Waals surface area contributed by atoms with Gasteiger partial charge >= 0.3 is 0 Å². The molecule has 288 valence electrons. The van der Waals surface area contributed by atoms with Gasteiger partial charge in [0.05, 0.1) is 17.5 Å². The fourth-order valence-electron chi connectivity index (χ4n) is 10.1. The number of allylic oxidation sites excluding steroid dienone is 1. The van der Waals surface area contributed by atoms with Crippen molar-refractivity contribution in [1.29, 1.82) is 0 Å². The number of methoxy groups -OCH3 is 1. The van der Waals surface area contributed by atoms with Crippen LogP contribution in [0.5, 0.6) is 5.75 Å². The number of fused-ring (bicyclic) bond motifs is 5. The van der Waals surface area contributed by atoms with Crippen molar-refractivity contribution in [3.63, 3.8) is 0 Å². The van der Waals surface area contributed by atoms with Crippen molar-refractivity contribution >= 4 is 33.2 Å². The Kier molecular flexibility index (Phi) is 9.85. The van der Waals surface area contributed by atoms with Crippen LogP contribution in [0.4, 0.5) is 5.69 Å². The maximum absolute atomic E-state index is 13.7. The first-order valence-corrected chi connectivity index (χ1v) is 21.4. The monoisotopic (exact) mass is 773 g/mol. The summed E-state index contributed by atoms with van der Waals surface area (Å²) >= 11 is 6.52. The highest BCUT2D eigenvalue weighted by Gasteiger charge is 2.56. The third-order valence-corrected chi connectivity index (χ3v) is 15.7. The van der Waals surface area contributed by atoms with Crippen molar-refractivity contribution in [3.8, 4) is 5.75 Å². The van der Waals surface area contributed by atoms with Crippen molar-refractivity contribution in [2.75, 3.05) is 44.8 Å². The third kappa shape index (κ3) is 6.73. The minimum Gasteiger partial charge on any atom is -0.490 e. The van der Waals surface area contributed by atoms with Gasteiger partial charge in [-0.3, -0.25) is 9.69 Å². The molecule has 0 radical (unpaired) electrons. The van der Waals surface area contributed by atoms with E-state index in [1.807, 2.05) is 38.4 Å². The van der Waals surface area contributed by atoms with Gasteiger partial charge < -0.3 is 14.4 Å². The molecule has 1 N–H and O–H groups in total. The van der Waals surface area contributed by atoms with Gasteiger partial charge in [-0.2, -0.15) is 0 Å². The molecule has 1 fully saturated rings. The van der Waals surface area contributed by atoms with Crippen LogP contribution in [-0.4, -0.2) is 79.9 Å². The van der Waals surface area contributed by atoms with Crippen LogP contribution in [-0.2, 0) is 39.6 Å². The predicted molar refractivity (Wildman–Crippen MR) is 211 cm³/mol. The minimum absolute atomic E-state index is 0.158. The van der Waals surface area contributed by atoms with Crippen LogP contribution in [0.1, 0.15) is 85.6 Å². The molecule has 54 heavy (non-hydrogen) atoms. The van der Waals surface area contributed by atoms with Gasteiger partial charge in [-0.1, -0.05) is 43.7 Å². The number of nitrogens with one attached hydrogen (secondary N) is 1. The second-order valence-electron chi connectivity index (χ2n) is 16.9. The Hall–Kier alpha value is -3.51. The fraction of sp³-hybridized carbons (Fsp3) is 0.548. The molecule has 1 unspecified atom stereocenters. The lowest BCUT2D eigenvalue weighted by Gasteiger charge is -2.58. The Morgan fingerprint density at radius 2 is 1.94 bits per heavy atom. The first kappa shape index (κ1) is 37.4. The Balaban J connectivity index is 1.23. The molecule has 10 nitrogen and oxygen atoms in total. The summed E-state index contributed by atoms with van der Waals surface area (Å²) in [5.41, 5.74) is 4.79. The molecule has 8 rings (SSSR count). The molecule has 1 amide bonds. The summed E-state index contributed by atoms with van der Waals surface area (Å²) < 4.78 is 43.2. The molecule has 2 bridgehead atoms. The molecule has 12 heteroatoms. The van der Waals surface area contributed by atoms with Crippen molar-refractivity contribution in [2.45, 2.75) is 88.5 Å². The molecule has 1 spiro atoms. The number of ether oxygens (including phenoxy) is 2. The molecule has 4 heterocycles. The standard InChI is InChI=1S/C42H52ClN5O5S/c1-28-7-5-16-42(52-4,25-47-18-14-35-32(22-47)21-44-27-45-35)38-13-17-40(38,3)23-48-24-41(15-6-8-30-19-33(43)10-11-34(30)41)26-53-37-12-9-31(20-36(37)48)39(49)46-54(50,51)29(28)2/h5,9-12,16,19-21,27-29,38H,6-8,13-15,17-18,22-26H2,1-4H3,(H,46,49)/b16-5+/t28-,29+,38+,40?,41-,42-/m0/s1. The summed E-state index contributed by atoms with van der Waals surface area (Å²) in [6, 6.07) is 11.6. The van der Waals surface area contributed by atoms with Crippen LogP contribution in [0.15, 0.2) is 61.1 Å². The van der Waals surface area contributed by atoms with E-state index in [9.17, 15) is 13.2 Å². The number of sulfonamides is 1. The highest BCUT2D eigenvalue weighted by Crippen LogP contribution is 2.56. The molecule has 3 aromatic rings. The Bertz CT molecular complexity index is 2080. The molecule has 6 atom stereocenters. The first-order valence-electron chi connectivity index (χ1n) is 19.4. The van der Waals surface area contributed by atoms with Crippen LogP contribution in [0.2, 0.25) is 5.02 Å². The van der Waals surface area contributed by atoms with E-state index in [2.05, 4.69) is 55.7 Å². The number of nitrogens with zero attached hydrogens (tertiary/aromatic N) is 4. The molecule has 5 aliphatic rings. The second kappa shape index (κ2) is 14.2. The number of carbonyl (C=O) groups is 1. The topological polar surface area (TPSA) is 114 Å². The van der Waals surface area contributed by atoms with E-state index >= 15 is 0 Å². The summed E-state index contributed by atoms with van der Waals surface area (Å²) in [6.45, 7) is 10.2. The molecule has 2 aromatic carbocycles. The quantitative estimate of drug-likeness (QED) is 0.298. The zero-order chi connectivity index (χ0) is 37.9. The summed E-state index contributed by atoms with van der Waals surface area (Å²) in [4.78, 5) is 27.5. The van der Waals surface area contributed by atoms with Crippen molar-refractivity contribution < 1.29 is 22.7 Å². The van der Waals surface area contributed by atoms with Crippen LogP contribution in [0, 0.1) is 17.3 Å². The van der Waals surface area contributed by atoms with Gasteiger partial charge in [0.15, 0.2) is 0 Å². The molecule has 1 aromatic heterocycles. The second-order valence-corrected chi connectivity index (χ2v) is 19.4. The van der Waals surface area contributed by atoms with E-state index in [0.29, 0.717) is 44.0 Å². The highest BCUT2D eigenvalue weighted by atomic mass is 35.5. The molecule has 2 aliphatic carbocycles. The van der Waals surface area contributed by atoms with E-state index in [0.717, 1.165) is 73.6 Å². The summed E-state index contributed by atoms with van der Waals surface area (Å²) in [6.07, 6.45) is 14.2. The van der Waals surface area contributed by atoms with Crippen LogP contribution < -0.4 is 14.4 Å². The highest BCUT2D eigenvalue weighted by molar-refractivity contribution is 7.90. The Morgan fingerprint density at radius 3 is 2.74 bits per heavy atom. The number of benzene rings is 2. The summed E-state index contributed by atoms with van der Waals surface area (Å²) in [5.74, 6) is -0.0181.